The highest BCUT2D eigenvalue weighted by atomic mass is 16.4. The molecule has 2 fully saturated rings. The van der Waals surface area contributed by atoms with Crippen LogP contribution in [-0.4, -0.2) is 23.0 Å². The summed E-state index contributed by atoms with van der Waals surface area (Å²) in [6, 6.07) is 0.287. The smallest absolute Gasteiger partial charge is 0.306 e. The van der Waals surface area contributed by atoms with Crippen LogP contribution < -0.4 is 5.32 Å². The molecule has 19 heavy (non-hydrogen) atoms. The van der Waals surface area contributed by atoms with Crippen LogP contribution >= 0.6 is 0 Å². The summed E-state index contributed by atoms with van der Waals surface area (Å²) in [7, 11) is 0. The molecule has 1 amide bonds. The van der Waals surface area contributed by atoms with E-state index < -0.39 is 5.97 Å². The van der Waals surface area contributed by atoms with Crippen LogP contribution in [-0.2, 0) is 9.59 Å². The van der Waals surface area contributed by atoms with Crippen molar-refractivity contribution < 1.29 is 14.7 Å². The Morgan fingerprint density at radius 2 is 1.53 bits per heavy atom. The van der Waals surface area contributed by atoms with Gasteiger partial charge < -0.3 is 10.4 Å². The van der Waals surface area contributed by atoms with Crippen molar-refractivity contribution in [3.05, 3.63) is 0 Å². The molecule has 0 radical (unpaired) electrons. The van der Waals surface area contributed by atoms with Crippen LogP contribution in [0.15, 0.2) is 0 Å². The molecular formula is C15H25NO3. The zero-order chi connectivity index (χ0) is 14.0. The summed E-state index contributed by atoms with van der Waals surface area (Å²) < 4.78 is 0. The molecule has 4 atom stereocenters. The molecule has 4 unspecified atom stereocenters. The van der Waals surface area contributed by atoms with Crippen LogP contribution in [0, 0.1) is 23.7 Å². The molecule has 2 aliphatic carbocycles. The van der Waals surface area contributed by atoms with E-state index >= 15 is 0 Å². The molecule has 2 aliphatic rings. The molecule has 0 saturated heterocycles. The zero-order valence-electron chi connectivity index (χ0n) is 11.9. The SMILES string of the molecule is CC1CC(C)CC(NC(=O)C2CCC(C(=O)O)C2)C1. The zero-order valence-corrected chi connectivity index (χ0v) is 11.9. The van der Waals surface area contributed by atoms with Gasteiger partial charge in [-0.15, -0.1) is 0 Å². The van der Waals surface area contributed by atoms with Crippen LogP contribution in [0.3, 0.4) is 0 Å². The summed E-state index contributed by atoms with van der Waals surface area (Å²) >= 11 is 0. The molecule has 2 rings (SSSR count). The highest BCUT2D eigenvalue weighted by Gasteiger charge is 2.35. The van der Waals surface area contributed by atoms with Crippen molar-refractivity contribution in [1.29, 1.82) is 0 Å². The van der Waals surface area contributed by atoms with E-state index in [1.165, 1.54) is 6.42 Å². The first-order chi connectivity index (χ1) is 8.95. The average Bonchev–Trinajstić information content (AvgIpc) is 2.76. The quantitative estimate of drug-likeness (QED) is 0.825. The highest BCUT2D eigenvalue weighted by molar-refractivity contribution is 5.81. The minimum atomic E-state index is -0.754. The number of hydrogen-bond donors (Lipinski definition) is 2. The Kier molecular flexibility index (Phi) is 4.48. The van der Waals surface area contributed by atoms with Gasteiger partial charge in [0.1, 0.15) is 0 Å². The van der Waals surface area contributed by atoms with Crippen molar-refractivity contribution in [1.82, 2.24) is 5.32 Å². The van der Waals surface area contributed by atoms with Gasteiger partial charge in [-0.25, -0.2) is 0 Å². The third kappa shape index (κ3) is 3.71. The molecule has 0 aromatic heterocycles. The summed E-state index contributed by atoms with van der Waals surface area (Å²) in [5, 5.41) is 12.1. The van der Waals surface area contributed by atoms with Gasteiger partial charge in [-0.3, -0.25) is 9.59 Å². The predicted molar refractivity (Wildman–Crippen MR) is 72.6 cm³/mol. The van der Waals surface area contributed by atoms with Gasteiger partial charge >= 0.3 is 5.97 Å². The number of amides is 1. The summed E-state index contributed by atoms with van der Waals surface area (Å²) in [5.41, 5.74) is 0. The van der Waals surface area contributed by atoms with Gasteiger partial charge in [-0.2, -0.15) is 0 Å². The lowest BCUT2D eigenvalue weighted by Gasteiger charge is -2.32. The lowest BCUT2D eigenvalue weighted by atomic mass is 9.80. The first-order valence-electron chi connectivity index (χ1n) is 7.49. The Hall–Kier alpha value is -1.06. The van der Waals surface area contributed by atoms with Crippen LogP contribution in [0.25, 0.3) is 0 Å². The second kappa shape index (κ2) is 5.93. The van der Waals surface area contributed by atoms with Crippen molar-refractivity contribution in [2.45, 2.75) is 58.4 Å². The summed E-state index contributed by atoms with van der Waals surface area (Å²) in [6.45, 7) is 4.48. The van der Waals surface area contributed by atoms with Crippen molar-refractivity contribution in [2.24, 2.45) is 23.7 Å². The highest BCUT2D eigenvalue weighted by Crippen LogP contribution is 2.33. The Balaban J connectivity index is 1.83. The number of hydrogen-bond acceptors (Lipinski definition) is 2. The number of rotatable bonds is 3. The molecular weight excluding hydrogens is 242 g/mol. The summed E-state index contributed by atoms with van der Waals surface area (Å²) in [6.07, 6.45) is 5.25. The monoisotopic (exact) mass is 267 g/mol. The molecule has 0 bridgehead atoms. The number of carboxylic acid groups (broad SMARTS) is 1. The minimum absolute atomic E-state index is 0.0788. The lowest BCUT2D eigenvalue weighted by molar-refractivity contribution is -0.141. The third-order valence-corrected chi connectivity index (χ3v) is 4.68. The van der Waals surface area contributed by atoms with Crippen molar-refractivity contribution in [3.63, 3.8) is 0 Å². The minimum Gasteiger partial charge on any atom is -0.481 e. The average molecular weight is 267 g/mol. The Morgan fingerprint density at radius 1 is 0.947 bits per heavy atom. The second-order valence-corrected chi connectivity index (χ2v) is 6.67. The van der Waals surface area contributed by atoms with Crippen LogP contribution in [0.4, 0.5) is 0 Å². The maximum absolute atomic E-state index is 12.2. The van der Waals surface area contributed by atoms with Gasteiger partial charge in [-0.1, -0.05) is 13.8 Å². The van der Waals surface area contributed by atoms with Gasteiger partial charge in [-0.05, 0) is 50.4 Å². The number of carbonyl (C=O) groups is 2. The number of aliphatic carboxylic acids is 1. The van der Waals surface area contributed by atoms with Crippen LogP contribution in [0.1, 0.15) is 52.4 Å². The molecule has 0 heterocycles. The van der Waals surface area contributed by atoms with Gasteiger partial charge in [0, 0.05) is 12.0 Å². The molecule has 4 nitrogen and oxygen atoms in total. The van der Waals surface area contributed by atoms with E-state index in [1.54, 1.807) is 0 Å². The molecule has 0 aromatic carbocycles. The largest absolute Gasteiger partial charge is 0.481 e. The van der Waals surface area contributed by atoms with E-state index in [2.05, 4.69) is 19.2 Å². The third-order valence-electron chi connectivity index (χ3n) is 4.68. The van der Waals surface area contributed by atoms with Crippen LogP contribution in [0.5, 0.6) is 0 Å². The molecule has 0 aromatic rings. The Bertz CT molecular complexity index is 345. The Morgan fingerprint density at radius 3 is 2.05 bits per heavy atom. The van der Waals surface area contributed by atoms with E-state index in [-0.39, 0.29) is 23.8 Å². The van der Waals surface area contributed by atoms with E-state index in [9.17, 15) is 9.59 Å². The lowest BCUT2D eigenvalue weighted by Crippen LogP contribution is -2.42. The summed E-state index contributed by atoms with van der Waals surface area (Å²) in [4.78, 5) is 23.1. The van der Waals surface area contributed by atoms with E-state index in [0.717, 1.165) is 19.3 Å². The van der Waals surface area contributed by atoms with Gasteiger partial charge in [0.05, 0.1) is 5.92 Å². The fraction of sp³-hybridized carbons (Fsp3) is 0.867. The number of carbonyl (C=O) groups excluding carboxylic acids is 1. The normalized spacial score (nSPS) is 38.9. The first kappa shape index (κ1) is 14.4. The fourth-order valence-electron chi connectivity index (χ4n) is 3.83. The maximum Gasteiger partial charge on any atom is 0.306 e. The summed E-state index contributed by atoms with van der Waals surface area (Å²) in [5.74, 6) is 0.257. The van der Waals surface area contributed by atoms with E-state index in [0.29, 0.717) is 24.7 Å². The first-order valence-corrected chi connectivity index (χ1v) is 7.49. The number of carboxylic acids is 1. The standard InChI is InChI=1S/C15H25NO3/c1-9-5-10(2)7-13(6-9)16-14(17)11-3-4-12(8-11)15(18)19/h9-13H,3-8H2,1-2H3,(H,16,17)(H,18,19). The van der Waals surface area contributed by atoms with E-state index in [1.807, 2.05) is 0 Å². The van der Waals surface area contributed by atoms with Crippen molar-refractivity contribution in [3.8, 4) is 0 Å². The molecule has 108 valence electrons. The van der Waals surface area contributed by atoms with Crippen LogP contribution in [0.2, 0.25) is 0 Å². The van der Waals surface area contributed by atoms with E-state index in [4.69, 9.17) is 5.11 Å². The van der Waals surface area contributed by atoms with Gasteiger partial charge in [0.2, 0.25) is 5.91 Å². The maximum atomic E-state index is 12.2. The predicted octanol–water partition coefficient (Wildman–Crippen LogP) is 2.43. The van der Waals surface area contributed by atoms with Crippen molar-refractivity contribution in [2.75, 3.05) is 0 Å². The number of nitrogens with one attached hydrogen (secondary N) is 1. The molecule has 4 heteroatoms. The van der Waals surface area contributed by atoms with Gasteiger partial charge in [0.25, 0.3) is 0 Å². The Labute approximate surface area is 115 Å². The topological polar surface area (TPSA) is 66.4 Å². The molecule has 2 saturated carbocycles. The van der Waals surface area contributed by atoms with Gasteiger partial charge in [0.15, 0.2) is 0 Å². The fourth-order valence-corrected chi connectivity index (χ4v) is 3.83. The molecule has 2 N–H and O–H groups in total. The molecule has 0 aliphatic heterocycles. The van der Waals surface area contributed by atoms with Crippen molar-refractivity contribution >= 4 is 11.9 Å². The molecule has 0 spiro atoms. The second-order valence-electron chi connectivity index (χ2n) is 6.67.